The van der Waals surface area contributed by atoms with Crippen LogP contribution in [0.25, 0.3) is 0 Å². The van der Waals surface area contributed by atoms with Crippen molar-refractivity contribution in [3.63, 3.8) is 0 Å². The highest BCUT2D eigenvalue weighted by atomic mass is 16.5. The average molecular weight is 258 g/mol. The van der Waals surface area contributed by atoms with Crippen molar-refractivity contribution in [1.29, 1.82) is 0 Å². The number of carbonyl (C=O) groups is 1. The maximum Gasteiger partial charge on any atom is 0.267 e. The summed E-state index contributed by atoms with van der Waals surface area (Å²) in [5, 5.41) is 3.93. The third kappa shape index (κ3) is 3.07. The number of ketones is 1. The predicted molar refractivity (Wildman–Crippen MR) is 70.6 cm³/mol. The van der Waals surface area contributed by atoms with Gasteiger partial charge in [0, 0.05) is 17.7 Å². The van der Waals surface area contributed by atoms with E-state index < -0.39 is 0 Å². The molecule has 0 saturated heterocycles. The Bertz CT molecular complexity index is 644. The van der Waals surface area contributed by atoms with Crippen LogP contribution in [-0.4, -0.2) is 22.7 Å². The van der Waals surface area contributed by atoms with Gasteiger partial charge in [-0.3, -0.25) is 9.59 Å². The Hall–Kier alpha value is -2.43. The predicted octanol–water partition coefficient (Wildman–Crippen LogP) is 1.44. The number of hydrogen-bond donors (Lipinski definition) is 0. The Morgan fingerprint density at radius 2 is 1.89 bits per heavy atom. The second-order valence-electron chi connectivity index (χ2n) is 4.16. The summed E-state index contributed by atoms with van der Waals surface area (Å²) < 4.78 is 6.03. The van der Waals surface area contributed by atoms with Gasteiger partial charge < -0.3 is 4.74 Å². The molecule has 0 unspecified atom stereocenters. The van der Waals surface area contributed by atoms with Crippen LogP contribution < -0.4 is 10.3 Å². The van der Waals surface area contributed by atoms with E-state index in [0.29, 0.717) is 11.4 Å². The van der Waals surface area contributed by atoms with Crippen LogP contribution >= 0.6 is 0 Å². The van der Waals surface area contributed by atoms with Gasteiger partial charge in [-0.2, -0.15) is 0 Å². The number of hydrogen-bond acceptors (Lipinski definition) is 4. The lowest BCUT2D eigenvalue weighted by molar-refractivity contribution is 0.0965. The number of rotatable bonds is 4. The topological polar surface area (TPSA) is 61.2 Å². The smallest absolute Gasteiger partial charge is 0.267 e. The van der Waals surface area contributed by atoms with Crippen LogP contribution in [0.5, 0.6) is 5.88 Å². The Balaban J connectivity index is 2.23. The van der Waals surface area contributed by atoms with Crippen molar-refractivity contribution >= 4 is 5.78 Å². The standard InChI is InChI=1S/C14H14N2O3/c1-10-3-5-11(6-4-10)12(17)9-16-14(18)8-7-13(15-16)19-2/h3-8H,9H2,1-2H3. The first-order valence-corrected chi connectivity index (χ1v) is 5.82. The molecule has 0 N–H and O–H groups in total. The summed E-state index contributed by atoms with van der Waals surface area (Å²) in [6, 6.07) is 9.99. The number of aryl methyl sites for hydroxylation is 1. The molecule has 1 heterocycles. The molecular weight excluding hydrogens is 244 g/mol. The van der Waals surface area contributed by atoms with E-state index in [2.05, 4.69) is 5.10 Å². The molecular formula is C14H14N2O3. The van der Waals surface area contributed by atoms with Crippen LogP contribution in [0.3, 0.4) is 0 Å². The van der Waals surface area contributed by atoms with Gasteiger partial charge in [0.1, 0.15) is 6.54 Å². The van der Waals surface area contributed by atoms with Crippen molar-refractivity contribution in [2.24, 2.45) is 0 Å². The summed E-state index contributed by atoms with van der Waals surface area (Å²) >= 11 is 0. The first kappa shape index (κ1) is 13.0. The molecule has 2 aromatic rings. The van der Waals surface area contributed by atoms with Crippen molar-refractivity contribution in [3.05, 3.63) is 57.9 Å². The average Bonchev–Trinajstić information content (AvgIpc) is 2.42. The Kier molecular flexibility index (Phi) is 3.75. The summed E-state index contributed by atoms with van der Waals surface area (Å²) in [4.78, 5) is 23.6. The highest BCUT2D eigenvalue weighted by Gasteiger charge is 2.09. The first-order chi connectivity index (χ1) is 9.10. The summed E-state index contributed by atoms with van der Waals surface area (Å²) in [6.07, 6.45) is 0. The molecule has 19 heavy (non-hydrogen) atoms. The molecule has 2 rings (SSSR count). The largest absolute Gasteiger partial charge is 0.480 e. The first-order valence-electron chi connectivity index (χ1n) is 5.82. The molecule has 0 spiro atoms. The van der Waals surface area contributed by atoms with E-state index in [1.165, 1.54) is 19.2 Å². The zero-order chi connectivity index (χ0) is 13.8. The second-order valence-corrected chi connectivity index (χ2v) is 4.16. The molecule has 1 aromatic heterocycles. The zero-order valence-corrected chi connectivity index (χ0v) is 10.8. The summed E-state index contributed by atoms with van der Waals surface area (Å²) in [6.45, 7) is 1.85. The zero-order valence-electron chi connectivity index (χ0n) is 10.8. The maximum absolute atomic E-state index is 12.0. The molecule has 0 fully saturated rings. The van der Waals surface area contributed by atoms with Gasteiger partial charge >= 0.3 is 0 Å². The molecule has 1 aromatic carbocycles. The van der Waals surface area contributed by atoms with E-state index >= 15 is 0 Å². The van der Waals surface area contributed by atoms with Crippen molar-refractivity contribution in [1.82, 2.24) is 9.78 Å². The van der Waals surface area contributed by atoms with Gasteiger partial charge in [0.05, 0.1) is 7.11 Å². The number of methoxy groups -OCH3 is 1. The molecule has 0 aliphatic heterocycles. The lowest BCUT2D eigenvalue weighted by atomic mass is 10.1. The van der Waals surface area contributed by atoms with E-state index in [0.717, 1.165) is 10.2 Å². The molecule has 0 saturated carbocycles. The number of nitrogens with zero attached hydrogens (tertiary/aromatic N) is 2. The van der Waals surface area contributed by atoms with Gasteiger partial charge in [0.15, 0.2) is 5.78 Å². The van der Waals surface area contributed by atoms with Gasteiger partial charge in [-0.25, -0.2) is 4.68 Å². The van der Waals surface area contributed by atoms with E-state index in [-0.39, 0.29) is 17.9 Å². The number of benzene rings is 1. The molecule has 0 bridgehead atoms. The highest BCUT2D eigenvalue weighted by molar-refractivity contribution is 5.95. The van der Waals surface area contributed by atoms with Gasteiger partial charge in [0.25, 0.3) is 5.56 Å². The molecule has 5 heteroatoms. The second kappa shape index (κ2) is 5.48. The Morgan fingerprint density at radius 3 is 2.53 bits per heavy atom. The molecule has 5 nitrogen and oxygen atoms in total. The molecule has 0 atom stereocenters. The van der Waals surface area contributed by atoms with Crippen LogP contribution in [-0.2, 0) is 6.54 Å². The molecule has 0 aliphatic carbocycles. The monoisotopic (exact) mass is 258 g/mol. The number of aromatic nitrogens is 2. The number of Topliss-reactive ketones (excluding diaryl/α,β-unsaturated/α-hetero) is 1. The van der Waals surface area contributed by atoms with Gasteiger partial charge in [0.2, 0.25) is 5.88 Å². The van der Waals surface area contributed by atoms with Crippen LogP contribution in [0.15, 0.2) is 41.2 Å². The normalized spacial score (nSPS) is 10.2. The Labute approximate surface area is 110 Å². The quantitative estimate of drug-likeness (QED) is 0.779. The number of ether oxygens (including phenoxy) is 1. The minimum Gasteiger partial charge on any atom is -0.480 e. The van der Waals surface area contributed by atoms with Crippen LogP contribution in [0, 0.1) is 6.92 Å². The fraction of sp³-hybridized carbons (Fsp3) is 0.214. The van der Waals surface area contributed by atoms with Gasteiger partial charge in [-0.05, 0) is 6.92 Å². The van der Waals surface area contributed by atoms with Crippen LogP contribution in [0.2, 0.25) is 0 Å². The SMILES string of the molecule is COc1ccc(=O)n(CC(=O)c2ccc(C)cc2)n1. The minimum absolute atomic E-state index is 0.0981. The summed E-state index contributed by atoms with van der Waals surface area (Å²) in [7, 11) is 1.46. The molecule has 0 radical (unpaired) electrons. The fourth-order valence-corrected chi connectivity index (χ4v) is 1.62. The molecule has 98 valence electrons. The van der Waals surface area contributed by atoms with Gasteiger partial charge in [-0.15, -0.1) is 5.10 Å². The summed E-state index contributed by atoms with van der Waals surface area (Å²) in [5.41, 5.74) is 1.30. The van der Waals surface area contributed by atoms with E-state index in [1.54, 1.807) is 12.1 Å². The van der Waals surface area contributed by atoms with Crippen LogP contribution in [0.4, 0.5) is 0 Å². The van der Waals surface area contributed by atoms with E-state index in [1.807, 2.05) is 19.1 Å². The molecule has 0 amide bonds. The lowest BCUT2D eigenvalue weighted by Gasteiger charge is -2.05. The third-order valence-electron chi connectivity index (χ3n) is 2.72. The number of carbonyl (C=O) groups excluding carboxylic acids is 1. The maximum atomic E-state index is 12.0. The minimum atomic E-state index is -0.332. The van der Waals surface area contributed by atoms with Gasteiger partial charge in [-0.1, -0.05) is 29.8 Å². The third-order valence-corrected chi connectivity index (χ3v) is 2.72. The van der Waals surface area contributed by atoms with Crippen molar-refractivity contribution in [2.45, 2.75) is 13.5 Å². The lowest BCUT2D eigenvalue weighted by Crippen LogP contribution is -2.26. The molecule has 0 aliphatic rings. The summed E-state index contributed by atoms with van der Waals surface area (Å²) in [5.74, 6) is 0.138. The van der Waals surface area contributed by atoms with E-state index in [4.69, 9.17) is 4.74 Å². The van der Waals surface area contributed by atoms with E-state index in [9.17, 15) is 9.59 Å². The van der Waals surface area contributed by atoms with Crippen molar-refractivity contribution in [3.8, 4) is 5.88 Å². The Morgan fingerprint density at radius 1 is 1.21 bits per heavy atom. The highest BCUT2D eigenvalue weighted by Crippen LogP contribution is 2.05. The fourth-order valence-electron chi connectivity index (χ4n) is 1.62. The van der Waals surface area contributed by atoms with Crippen molar-refractivity contribution in [2.75, 3.05) is 7.11 Å². The van der Waals surface area contributed by atoms with Crippen molar-refractivity contribution < 1.29 is 9.53 Å². The van der Waals surface area contributed by atoms with Crippen LogP contribution in [0.1, 0.15) is 15.9 Å².